The van der Waals surface area contributed by atoms with Crippen LogP contribution in [0.2, 0.25) is 0 Å². The van der Waals surface area contributed by atoms with E-state index in [0.29, 0.717) is 0 Å². The molecule has 0 aromatic heterocycles. The quantitative estimate of drug-likeness (QED) is 0.231. The van der Waals surface area contributed by atoms with Crippen LogP contribution in [0, 0.1) is 5.92 Å². The van der Waals surface area contributed by atoms with Gasteiger partial charge >= 0.3 is 0 Å². The van der Waals surface area contributed by atoms with E-state index < -0.39 is 73.4 Å². The van der Waals surface area contributed by atoms with Gasteiger partial charge in [0.05, 0.1) is 37.1 Å². The molecule has 10 atom stereocenters. The van der Waals surface area contributed by atoms with Gasteiger partial charge in [0.15, 0.2) is 6.29 Å². The number of hydrogen-bond donors (Lipinski definition) is 8. The lowest BCUT2D eigenvalue weighted by molar-refractivity contribution is -0.352. The van der Waals surface area contributed by atoms with Crippen molar-refractivity contribution < 1.29 is 55.1 Å². The maximum Gasteiger partial charge on any atom is 0.210 e. The van der Waals surface area contributed by atoms with Crippen molar-refractivity contribution in [3.63, 3.8) is 0 Å². The van der Waals surface area contributed by atoms with E-state index in [0.717, 1.165) is 6.26 Å². The first-order valence-electron chi connectivity index (χ1n) is 8.62. The van der Waals surface area contributed by atoms with Crippen molar-refractivity contribution >= 4 is 0 Å². The molecule has 0 aromatic carbocycles. The van der Waals surface area contributed by atoms with Crippen molar-refractivity contribution in [2.24, 2.45) is 5.92 Å². The van der Waals surface area contributed by atoms with E-state index in [-0.39, 0.29) is 12.0 Å². The third-order valence-corrected chi connectivity index (χ3v) is 5.78. The van der Waals surface area contributed by atoms with Gasteiger partial charge in [-0.3, -0.25) is 0 Å². The Kier molecular flexibility index (Phi) is 5.56. The zero-order valence-corrected chi connectivity index (χ0v) is 14.6. The van der Waals surface area contributed by atoms with Crippen LogP contribution < -0.4 is 0 Å². The molecule has 11 heteroatoms. The standard InChI is InChI=1S/C16H26O11/c1-15(23)8(19)2-16(24)6(3-17)5-25-14(12(15)16)27-13-11(22)10(21)9(20)7(4-18)26-13/h5,7-14,17-24H,2-4H2,1H3/t7-,8+,9-,10+,11-,12-,13+,14+,15+,16+/m1/s1. The third kappa shape index (κ3) is 3.17. The van der Waals surface area contributed by atoms with Gasteiger partial charge in [0, 0.05) is 12.0 Å². The number of hydrogen-bond acceptors (Lipinski definition) is 11. The van der Waals surface area contributed by atoms with Crippen LogP contribution in [0.1, 0.15) is 13.3 Å². The van der Waals surface area contributed by atoms with Crippen molar-refractivity contribution in [1.82, 2.24) is 0 Å². The SMILES string of the molecule is C[C@@]1(O)[C@H]2[C@H](O[C@@H]3O[C@H](CO)[C@@H](O)[C@H](O)[C@H]3O)OC=C(CO)[C@@]2(O)C[C@@H]1O. The van der Waals surface area contributed by atoms with Crippen molar-refractivity contribution in [2.75, 3.05) is 13.2 Å². The predicted molar refractivity (Wildman–Crippen MR) is 84.6 cm³/mol. The van der Waals surface area contributed by atoms with Crippen molar-refractivity contribution in [3.05, 3.63) is 11.8 Å². The summed E-state index contributed by atoms with van der Waals surface area (Å²) in [5.41, 5.74) is -3.67. The van der Waals surface area contributed by atoms with Crippen LogP contribution in [0.15, 0.2) is 11.8 Å². The van der Waals surface area contributed by atoms with E-state index in [1.54, 1.807) is 0 Å². The molecule has 3 aliphatic rings. The molecule has 0 unspecified atom stereocenters. The maximum atomic E-state index is 11.0. The minimum absolute atomic E-state index is 0.0398. The minimum atomic E-state index is -1.87. The first-order chi connectivity index (χ1) is 12.6. The minimum Gasteiger partial charge on any atom is -0.472 e. The largest absolute Gasteiger partial charge is 0.472 e. The summed E-state index contributed by atoms with van der Waals surface area (Å²) in [5.74, 6) is -1.26. The van der Waals surface area contributed by atoms with Crippen molar-refractivity contribution in [2.45, 2.75) is 67.6 Å². The molecule has 2 fully saturated rings. The Balaban J connectivity index is 1.87. The highest BCUT2D eigenvalue weighted by Crippen LogP contribution is 2.52. The van der Waals surface area contributed by atoms with Crippen LogP contribution in [0.5, 0.6) is 0 Å². The number of fused-ring (bicyclic) bond motifs is 1. The molecule has 0 radical (unpaired) electrons. The van der Waals surface area contributed by atoms with Gasteiger partial charge in [-0.25, -0.2) is 0 Å². The maximum absolute atomic E-state index is 11.0. The van der Waals surface area contributed by atoms with Crippen LogP contribution in [0.4, 0.5) is 0 Å². The summed E-state index contributed by atoms with van der Waals surface area (Å²) in [4.78, 5) is 0. The molecule has 8 N–H and O–H groups in total. The predicted octanol–water partition coefficient (Wildman–Crippen LogP) is -4.10. The fourth-order valence-electron chi connectivity index (χ4n) is 4.08. The molecular formula is C16H26O11. The Labute approximate surface area is 154 Å². The molecule has 156 valence electrons. The molecule has 1 saturated heterocycles. The van der Waals surface area contributed by atoms with Crippen molar-refractivity contribution in [3.8, 4) is 0 Å². The molecule has 2 heterocycles. The lowest BCUT2D eigenvalue weighted by atomic mass is 9.77. The first kappa shape index (κ1) is 20.9. The van der Waals surface area contributed by atoms with Gasteiger partial charge in [0.2, 0.25) is 6.29 Å². The van der Waals surface area contributed by atoms with E-state index in [9.17, 15) is 40.9 Å². The molecule has 1 aliphatic carbocycles. The fraction of sp³-hybridized carbons (Fsp3) is 0.875. The Hall–Kier alpha value is -0.860. The van der Waals surface area contributed by atoms with E-state index >= 15 is 0 Å². The van der Waals surface area contributed by atoms with E-state index in [4.69, 9.17) is 14.2 Å². The Morgan fingerprint density at radius 3 is 2.33 bits per heavy atom. The number of aliphatic hydroxyl groups excluding tert-OH is 6. The molecule has 0 spiro atoms. The normalized spacial score (nSPS) is 52.9. The Bertz CT molecular complexity index is 579. The average molecular weight is 394 g/mol. The number of rotatable bonds is 4. The highest BCUT2D eigenvalue weighted by atomic mass is 16.8. The molecule has 0 aromatic rings. The topological polar surface area (TPSA) is 190 Å². The van der Waals surface area contributed by atoms with Crippen LogP contribution in [0.3, 0.4) is 0 Å². The molecule has 3 rings (SSSR count). The van der Waals surface area contributed by atoms with Gasteiger partial charge in [-0.05, 0) is 6.92 Å². The number of aliphatic hydroxyl groups is 8. The van der Waals surface area contributed by atoms with E-state index in [1.165, 1.54) is 6.92 Å². The lowest BCUT2D eigenvalue weighted by Crippen LogP contribution is -2.62. The van der Waals surface area contributed by atoms with Crippen molar-refractivity contribution in [1.29, 1.82) is 0 Å². The second-order valence-electron chi connectivity index (χ2n) is 7.49. The summed E-state index contributed by atoms with van der Waals surface area (Å²) in [6, 6.07) is 0. The first-order valence-corrected chi connectivity index (χ1v) is 8.62. The number of ether oxygens (including phenoxy) is 3. The molecular weight excluding hydrogens is 368 g/mol. The van der Waals surface area contributed by atoms with Gasteiger partial charge in [-0.1, -0.05) is 0 Å². The summed E-state index contributed by atoms with van der Waals surface area (Å²) in [7, 11) is 0. The van der Waals surface area contributed by atoms with Crippen LogP contribution in [0.25, 0.3) is 0 Å². The van der Waals surface area contributed by atoms with Gasteiger partial charge in [-0.15, -0.1) is 0 Å². The van der Waals surface area contributed by atoms with Gasteiger partial charge in [0.25, 0.3) is 0 Å². The Morgan fingerprint density at radius 1 is 1.07 bits per heavy atom. The van der Waals surface area contributed by atoms with Gasteiger partial charge < -0.3 is 55.1 Å². The zero-order valence-electron chi connectivity index (χ0n) is 14.6. The highest BCUT2D eigenvalue weighted by molar-refractivity contribution is 5.28. The summed E-state index contributed by atoms with van der Waals surface area (Å²) >= 11 is 0. The second kappa shape index (κ2) is 7.19. The Morgan fingerprint density at radius 2 is 1.74 bits per heavy atom. The van der Waals surface area contributed by atoms with Crippen LogP contribution in [-0.2, 0) is 14.2 Å². The summed E-state index contributed by atoms with van der Waals surface area (Å²) in [5, 5.41) is 80.4. The van der Waals surface area contributed by atoms with Crippen LogP contribution in [-0.4, -0.2) is 108 Å². The molecule has 0 amide bonds. The fourth-order valence-corrected chi connectivity index (χ4v) is 4.08. The third-order valence-electron chi connectivity index (χ3n) is 5.78. The molecule has 2 aliphatic heterocycles. The lowest BCUT2D eigenvalue weighted by Gasteiger charge is -2.46. The second-order valence-corrected chi connectivity index (χ2v) is 7.49. The summed E-state index contributed by atoms with van der Waals surface area (Å²) < 4.78 is 16.1. The summed E-state index contributed by atoms with van der Waals surface area (Å²) in [6.45, 7) is 0.0326. The molecule has 1 saturated carbocycles. The molecule has 11 nitrogen and oxygen atoms in total. The highest BCUT2D eigenvalue weighted by Gasteiger charge is 2.66. The molecule has 27 heavy (non-hydrogen) atoms. The zero-order chi connectivity index (χ0) is 20.1. The van der Waals surface area contributed by atoms with Gasteiger partial charge in [0.1, 0.15) is 30.0 Å². The van der Waals surface area contributed by atoms with Crippen LogP contribution >= 0.6 is 0 Å². The average Bonchev–Trinajstić information content (AvgIpc) is 2.80. The van der Waals surface area contributed by atoms with Gasteiger partial charge in [-0.2, -0.15) is 0 Å². The van der Waals surface area contributed by atoms with E-state index in [2.05, 4.69) is 0 Å². The smallest absolute Gasteiger partial charge is 0.210 e. The monoisotopic (exact) mass is 394 g/mol. The van der Waals surface area contributed by atoms with E-state index in [1.807, 2.05) is 0 Å². The molecule has 0 bridgehead atoms. The summed E-state index contributed by atoms with van der Waals surface area (Å²) in [6.07, 6.45) is -9.77.